The Morgan fingerprint density at radius 2 is 1.10 bits per heavy atom. The Morgan fingerprint density at radius 1 is 0.613 bits per heavy atom. The van der Waals surface area contributed by atoms with Crippen molar-refractivity contribution in [1.29, 1.82) is 0 Å². The van der Waals surface area contributed by atoms with Gasteiger partial charge < -0.3 is 13.7 Å². The third kappa shape index (κ3) is 2.53. The monoisotopic (exact) mass is 405 g/mol. The Balaban J connectivity index is 1.61. The minimum absolute atomic E-state index is 0.900. The molecule has 4 aromatic carbocycles. The van der Waals surface area contributed by atoms with E-state index in [1.165, 1.54) is 10.9 Å². The summed E-state index contributed by atoms with van der Waals surface area (Å²) < 4.78 is 12.9. The highest BCUT2D eigenvalue weighted by Gasteiger charge is 2.19. The second kappa shape index (κ2) is 6.64. The molecule has 6 aromatic rings. The van der Waals surface area contributed by atoms with E-state index in [1.54, 1.807) is 0 Å². The zero-order chi connectivity index (χ0) is 21.1. The van der Waals surface area contributed by atoms with E-state index in [2.05, 4.69) is 98.6 Å². The smallest absolute Gasteiger partial charge is 0.159 e. The van der Waals surface area contributed by atoms with Gasteiger partial charge in [-0.25, -0.2) is 0 Å². The van der Waals surface area contributed by atoms with Crippen molar-refractivity contribution in [3.05, 3.63) is 83.9 Å². The molecular weight excluding hydrogens is 382 g/mol. The predicted octanol–water partition coefficient (Wildman–Crippen LogP) is 8.12. The molecular formula is C28H23NO2. The third-order valence-electron chi connectivity index (χ3n) is 6.39. The van der Waals surface area contributed by atoms with Crippen LogP contribution in [-0.2, 0) is 6.42 Å². The first-order chi connectivity index (χ1) is 15.2. The van der Waals surface area contributed by atoms with Crippen LogP contribution in [0.1, 0.15) is 18.1 Å². The summed E-state index contributed by atoms with van der Waals surface area (Å²) in [6.45, 7) is 4.26. The molecule has 0 atom stereocenters. The number of hydrogen-bond donors (Lipinski definition) is 0. The average Bonchev–Trinajstić information content (AvgIpc) is 3.38. The molecule has 0 bridgehead atoms. The summed E-state index contributed by atoms with van der Waals surface area (Å²) in [4.78, 5) is 2.18. The van der Waals surface area contributed by atoms with E-state index in [4.69, 9.17) is 8.83 Å². The van der Waals surface area contributed by atoms with Crippen molar-refractivity contribution in [1.82, 2.24) is 0 Å². The van der Waals surface area contributed by atoms with Gasteiger partial charge in [0.2, 0.25) is 0 Å². The van der Waals surface area contributed by atoms with Crippen LogP contribution in [0.25, 0.3) is 43.9 Å². The first kappa shape index (κ1) is 18.1. The Kier molecular flexibility index (Phi) is 3.87. The van der Waals surface area contributed by atoms with Gasteiger partial charge in [0, 0.05) is 28.6 Å². The van der Waals surface area contributed by atoms with Crippen LogP contribution >= 0.6 is 0 Å². The van der Waals surface area contributed by atoms with Gasteiger partial charge in [0.05, 0.1) is 11.4 Å². The van der Waals surface area contributed by atoms with Crippen molar-refractivity contribution < 1.29 is 8.83 Å². The van der Waals surface area contributed by atoms with Gasteiger partial charge in [0.15, 0.2) is 11.2 Å². The molecule has 0 aliphatic heterocycles. The third-order valence-corrected chi connectivity index (χ3v) is 6.39. The maximum Gasteiger partial charge on any atom is 0.159 e. The first-order valence-corrected chi connectivity index (χ1v) is 10.7. The summed E-state index contributed by atoms with van der Waals surface area (Å²) >= 11 is 0. The van der Waals surface area contributed by atoms with Gasteiger partial charge in [0.25, 0.3) is 0 Å². The maximum absolute atomic E-state index is 6.47. The molecule has 3 nitrogen and oxygen atoms in total. The fourth-order valence-corrected chi connectivity index (χ4v) is 4.75. The first-order valence-electron chi connectivity index (χ1n) is 10.7. The number of furan rings is 2. The Morgan fingerprint density at radius 3 is 1.71 bits per heavy atom. The molecule has 0 spiro atoms. The molecule has 0 saturated carbocycles. The highest BCUT2D eigenvalue weighted by atomic mass is 16.3. The molecule has 31 heavy (non-hydrogen) atoms. The van der Waals surface area contributed by atoms with Gasteiger partial charge in [-0.2, -0.15) is 0 Å². The molecule has 152 valence electrons. The van der Waals surface area contributed by atoms with Crippen LogP contribution in [0.15, 0.2) is 81.6 Å². The quantitative estimate of drug-likeness (QED) is 0.298. The molecule has 3 heteroatoms. The fourth-order valence-electron chi connectivity index (χ4n) is 4.75. The second-order valence-corrected chi connectivity index (χ2v) is 8.17. The summed E-state index contributed by atoms with van der Waals surface area (Å²) in [7, 11) is 2.08. The number of benzene rings is 4. The summed E-state index contributed by atoms with van der Waals surface area (Å²) in [5.74, 6) is 0. The lowest BCUT2D eigenvalue weighted by molar-refractivity contribution is 0.661. The van der Waals surface area contributed by atoms with Crippen LogP contribution in [0.2, 0.25) is 0 Å². The average molecular weight is 405 g/mol. The van der Waals surface area contributed by atoms with E-state index in [0.717, 1.165) is 61.8 Å². The van der Waals surface area contributed by atoms with Crippen LogP contribution in [0.4, 0.5) is 11.4 Å². The van der Waals surface area contributed by atoms with E-state index in [-0.39, 0.29) is 0 Å². The number of para-hydroxylation sites is 4. The van der Waals surface area contributed by atoms with Crippen molar-refractivity contribution in [2.24, 2.45) is 0 Å². The lowest BCUT2D eigenvalue weighted by Crippen LogP contribution is -2.09. The number of rotatable bonds is 3. The lowest BCUT2D eigenvalue weighted by Gasteiger charge is -2.19. The van der Waals surface area contributed by atoms with Crippen LogP contribution in [0.3, 0.4) is 0 Å². The van der Waals surface area contributed by atoms with Crippen molar-refractivity contribution in [3.8, 4) is 0 Å². The van der Waals surface area contributed by atoms with Crippen LogP contribution in [0.5, 0.6) is 0 Å². The summed E-state index contributed by atoms with van der Waals surface area (Å²) in [6, 6.07) is 25.4. The van der Waals surface area contributed by atoms with Crippen molar-refractivity contribution in [2.45, 2.75) is 20.3 Å². The van der Waals surface area contributed by atoms with E-state index in [1.807, 2.05) is 0 Å². The molecule has 6 rings (SSSR count). The van der Waals surface area contributed by atoms with E-state index in [9.17, 15) is 0 Å². The highest BCUT2D eigenvalue weighted by molar-refractivity contribution is 6.13. The molecule has 0 fully saturated rings. The predicted molar refractivity (Wildman–Crippen MR) is 130 cm³/mol. The minimum atomic E-state index is 0.900. The standard InChI is InChI=1S/C28H23NO2/c1-4-18-10-6-12-20-22-14-8-16-24(28(22)31-26(18)20)29(3)23-15-7-13-21-19-11-5-9-17(2)25(19)30-27(21)23/h5-16H,4H2,1-3H3. The topological polar surface area (TPSA) is 29.5 Å². The zero-order valence-corrected chi connectivity index (χ0v) is 17.9. The second-order valence-electron chi connectivity index (χ2n) is 8.17. The summed E-state index contributed by atoms with van der Waals surface area (Å²) in [6.07, 6.45) is 0.944. The SMILES string of the molecule is CCc1cccc2c1oc1c(N(C)c3cccc4c3oc3c(C)cccc34)cccc12. The maximum atomic E-state index is 6.47. The molecule has 0 saturated heterocycles. The normalized spacial score (nSPS) is 11.8. The van der Waals surface area contributed by atoms with Crippen molar-refractivity contribution in [2.75, 3.05) is 11.9 Å². The number of anilines is 2. The Bertz CT molecular complexity index is 1600. The lowest BCUT2D eigenvalue weighted by atomic mass is 10.1. The van der Waals surface area contributed by atoms with Gasteiger partial charge in [-0.05, 0) is 36.6 Å². The molecule has 0 radical (unpaired) electrons. The van der Waals surface area contributed by atoms with Gasteiger partial charge in [-0.3, -0.25) is 0 Å². The largest absolute Gasteiger partial charge is 0.454 e. The molecule has 0 amide bonds. The van der Waals surface area contributed by atoms with E-state index >= 15 is 0 Å². The zero-order valence-electron chi connectivity index (χ0n) is 17.9. The van der Waals surface area contributed by atoms with Gasteiger partial charge >= 0.3 is 0 Å². The Labute approximate surface area is 180 Å². The van der Waals surface area contributed by atoms with E-state index in [0.29, 0.717) is 0 Å². The molecule has 0 aliphatic carbocycles. The van der Waals surface area contributed by atoms with Crippen molar-refractivity contribution in [3.63, 3.8) is 0 Å². The molecule has 0 unspecified atom stereocenters. The molecule has 0 N–H and O–H groups in total. The Hall–Kier alpha value is -3.72. The number of hydrogen-bond acceptors (Lipinski definition) is 3. The minimum Gasteiger partial charge on any atom is -0.454 e. The fraction of sp³-hybridized carbons (Fsp3) is 0.143. The summed E-state index contributed by atoms with van der Waals surface area (Å²) in [5.41, 5.74) is 8.18. The van der Waals surface area contributed by atoms with Crippen LogP contribution in [0, 0.1) is 6.92 Å². The van der Waals surface area contributed by atoms with Gasteiger partial charge in [0.1, 0.15) is 11.2 Å². The number of fused-ring (bicyclic) bond motifs is 6. The number of aryl methyl sites for hydroxylation is 2. The molecule has 0 aliphatic rings. The van der Waals surface area contributed by atoms with E-state index < -0.39 is 0 Å². The molecule has 2 aromatic heterocycles. The summed E-state index contributed by atoms with van der Waals surface area (Å²) in [5, 5.41) is 4.59. The molecule has 2 heterocycles. The van der Waals surface area contributed by atoms with Crippen molar-refractivity contribution >= 4 is 55.3 Å². The number of nitrogens with zero attached hydrogens (tertiary/aromatic N) is 1. The van der Waals surface area contributed by atoms with Gasteiger partial charge in [-0.15, -0.1) is 0 Å². The van der Waals surface area contributed by atoms with Crippen LogP contribution in [-0.4, -0.2) is 7.05 Å². The van der Waals surface area contributed by atoms with Crippen LogP contribution < -0.4 is 4.90 Å². The van der Waals surface area contributed by atoms with Gasteiger partial charge in [-0.1, -0.05) is 67.6 Å². The highest BCUT2D eigenvalue weighted by Crippen LogP contribution is 2.42.